The van der Waals surface area contributed by atoms with Crippen LogP contribution in [0.3, 0.4) is 0 Å². The van der Waals surface area contributed by atoms with E-state index in [1.54, 1.807) is 50.7 Å². The van der Waals surface area contributed by atoms with E-state index in [0.717, 1.165) is 0 Å². The Hall–Kier alpha value is -1.93. The van der Waals surface area contributed by atoms with E-state index < -0.39 is 5.91 Å². The number of nitrogens with zero attached hydrogens (tertiary/aromatic N) is 1. The van der Waals surface area contributed by atoms with E-state index in [4.69, 9.17) is 5.73 Å². The van der Waals surface area contributed by atoms with Gasteiger partial charge in [0.05, 0.1) is 0 Å². The molecule has 1 aromatic carbocycles. The Morgan fingerprint density at radius 3 is 1.91 bits per heavy atom. The number of carbonyl (C=O) groups excluding carboxylic acids is 2. The minimum absolute atomic E-state index is 0.290. The molecule has 0 radical (unpaired) electrons. The number of amides is 1. The van der Waals surface area contributed by atoms with Gasteiger partial charge in [-0.1, -0.05) is 6.07 Å². The van der Waals surface area contributed by atoms with Crippen molar-refractivity contribution in [2.24, 2.45) is 28.7 Å². The standard InChI is InChI=1S/C10H16.C8H6N2O2/c1-7-2-9-4-8(1)5-10(3-7)6-9;9-7-3-1-2-6(4-7)8(12)10-5-11/h7-10H,1-6H2;1-4H,9H2. The first-order valence-corrected chi connectivity index (χ1v) is 8.11. The van der Waals surface area contributed by atoms with E-state index in [9.17, 15) is 9.59 Å². The molecule has 5 rings (SSSR count). The second-order valence-corrected chi connectivity index (χ2v) is 7.01. The Balaban J connectivity index is 0.000000132. The van der Waals surface area contributed by atoms with Gasteiger partial charge in [-0.15, -0.1) is 4.99 Å². The zero-order chi connectivity index (χ0) is 15.5. The van der Waals surface area contributed by atoms with Crippen LogP contribution >= 0.6 is 0 Å². The van der Waals surface area contributed by atoms with Crippen LogP contribution in [0.2, 0.25) is 0 Å². The third kappa shape index (κ3) is 3.45. The first-order valence-electron chi connectivity index (χ1n) is 8.11. The molecule has 4 nitrogen and oxygen atoms in total. The molecule has 0 aliphatic heterocycles. The van der Waals surface area contributed by atoms with Crippen molar-refractivity contribution in [1.82, 2.24) is 0 Å². The molecule has 4 aliphatic carbocycles. The Morgan fingerprint density at radius 1 is 1.00 bits per heavy atom. The molecule has 1 aromatic rings. The van der Waals surface area contributed by atoms with Gasteiger partial charge in [-0.25, -0.2) is 4.79 Å². The Labute approximate surface area is 130 Å². The van der Waals surface area contributed by atoms with Crippen LogP contribution in [0.1, 0.15) is 48.9 Å². The van der Waals surface area contributed by atoms with Crippen molar-refractivity contribution in [3.63, 3.8) is 0 Å². The van der Waals surface area contributed by atoms with Gasteiger partial charge in [0, 0.05) is 11.3 Å². The van der Waals surface area contributed by atoms with E-state index in [-0.39, 0.29) is 0 Å². The number of hydrogen-bond acceptors (Lipinski definition) is 3. The zero-order valence-corrected chi connectivity index (χ0v) is 12.7. The van der Waals surface area contributed by atoms with Gasteiger partial charge in [0.25, 0.3) is 5.91 Å². The van der Waals surface area contributed by atoms with Crippen LogP contribution in [0, 0.1) is 23.7 Å². The number of rotatable bonds is 1. The highest BCUT2D eigenvalue weighted by Crippen LogP contribution is 2.53. The molecule has 4 bridgehead atoms. The molecule has 4 saturated carbocycles. The lowest BCUT2D eigenvalue weighted by atomic mass is 9.56. The van der Waals surface area contributed by atoms with E-state index >= 15 is 0 Å². The van der Waals surface area contributed by atoms with E-state index in [1.807, 2.05) is 0 Å². The van der Waals surface area contributed by atoms with Crippen molar-refractivity contribution in [2.45, 2.75) is 38.5 Å². The molecule has 4 fully saturated rings. The van der Waals surface area contributed by atoms with Crippen molar-refractivity contribution >= 4 is 17.7 Å². The SMILES string of the molecule is C1C2CC3CC1CC(C2)C3.Nc1cccc(C(=O)N=C=O)c1. The van der Waals surface area contributed by atoms with Gasteiger partial charge < -0.3 is 5.73 Å². The summed E-state index contributed by atoms with van der Waals surface area (Å²) in [4.78, 5) is 23.6. The lowest BCUT2D eigenvalue weighted by Crippen LogP contribution is -2.38. The first kappa shape index (κ1) is 15.0. The van der Waals surface area contributed by atoms with Crippen molar-refractivity contribution < 1.29 is 9.59 Å². The summed E-state index contributed by atoms with van der Waals surface area (Å²) in [6.07, 6.45) is 10.8. The average Bonchev–Trinajstić information content (AvgIpc) is 2.47. The quantitative estimate of drug-likeness (QED) is 0.489. The lowest BCUT2D eigenvalue weighted by molar-refractivity contribution is 0.0198. The molecule has 1 amide bonds. The lowest BCUT2D eigenvalue weighted by Gasteiger charge is -2.49. The zero-order valence-electron chi connectivity index (χ0n) is 12.7. The molecule has 2 N–H and O–H groups in total. The van der Waals surface area contributed by atoms with E-state index in [2.05, 4.69) is 4.99 Å². The highest BCUT2D eigenvalue weighted by Gasteiger charge is 2.41. The summed E-state index contributed by atoms with van der Waals surface area (Å²) < 4.78 is 0. The minimum Gasteiger partial charge on any atom is -0.399 e. The third-order valence-corrected chi connectivity index (χ3v) is 5.28. The molecule has 0 spiro atoms. The number of carbonyl (C=O) groups is 1. The van der Waals surface area contributed by atoms with Gasteiger partial charge in [0.2, 0.25) is 6.08 Å². The Morgan fingerprint density at radius 2 is 1.50 bits per heavy atom. The Bertz CT molecular complexity index is 548. The maximum Gasteiger partial charge on any atom is 0.287 e. The van der Waals surface area contributed by atoms with Gasteiger partial charge in [-0.3, -0.25) is 4.79 Å². The number of aliphatic imine (C=N–C) groups is 1. The summed E-state index contributed by atoms with van der Waals surface area (Å²) in [6.45, 7) is 0. The maximum atomic E-state index is 10.9. The minimum atomic E-state index is -0.627. The topological polar surface area (TPSA) is 72.5 Å². The molecular formula is C18H22N2O2. The summed E-state index contributed by atoms with van der Waals surface area (Å²) in [5.41, 5.74) is 6.15. The molecule has 4 aliphatic rings. The summed E-state index contributed by atoms with van der Waals surface area (Å²) in [6, 6.07) is 6.23. The third-order valence-electron chi connectivity index (χ3n) is 5.28. The number of nitrogens with two attached hydrogens (primary N) is 1. The molecule has 0 aromatic heterocycles. The van der Waals surface area contributed by atoms with Crippen molar-refractivity contribution in [1.29, 1.82) is 0 Å². The normalized spacial score (nSPS) is 30.9. The van der Waals surface area contributed by atoms with Crippen LogP contribution in [0.4, 0.5) is 5.69 Å². The fourth-order valence-electron chi connectivity index (χ4n) is 4.76. The highest BCUT2D eigenvalue weighted by molar-refractivity contribution is 5.98. The predicted octanol–water partition coefficient (Wildman–Crippen LogP) is 3.58. The smallest absolute Gasteiger partial charge is 0.287 e. The predicted molar refractivity (Wildman–Crippen MR) is 85.0 cm³/mol. The largest absolute Gasteiger partial charge is 0.399 e. The number of benzene rings is 1. The second kappa shape index (κ2) is 6.45. The molecular weight excluding hydrogens is 276 g/mol. The second-order valence-electron chi connectivity index (χ2n) is 7.01. The molecule has 0 unspecified atom stereocenters. The van der Waals surface area contributed by atoms with Gasteiger partial charge in [-0.2, -0.15) is 0 Å². The van der Waals surface area contributed by atoms with Crippen LogP contribution in [-0.4, -0.2) is 12.0 Å². The van der Waals surface area contributed by atoms with Gasteiger partial charge >= 0.3 is 0 Å². The molecule has 116 valence electrons. The van der Waals surface area contributed by atoms with Crippen LogP contribution < -0.4 is 5.73 Å². The molecule has 0 saturated heterocycles. The number of isocyanates is 1. The number of anilines is 1. The fraction of sp³-hybridized carbons (Fsp3) is 0.556. The summed E-state index contributed by atoms with van der Waals surface area (Å²) in [5.74, 6) is 4.08. The Kier molecular flexibility index (Phi) is 4.39. The summed E-state index contributed by atoms with van der Waals surface area (Å²) in [7, 11) is 0. The monoisotopic (exact) mass is 298 g/mol. The van der Waals surface area contributed by atoms with Gasteiger partial charge in [0.1, 0.15) is 0 Å². The van der Waals surface area contributed by atoms with Crippen LogP contribution in [0.25, 0.3) is 0 Å². The van der Waals surface area contributed by atoms with Gasteiger partial charge in [-0.05, 0) is 80.4 Å². The number of nitrogen functional groups attached to an aromatic ring is 1. The van der Waals surface area contributed by atoms with E-state index in [0.29, 0.717) is 11.3 Å². The van der Waals surface area contributed by atoms with Crippen LogP contribution in [0.15, 0.2) is 29.3 Å². The molecule has 22 heavy (non-hydrogen) atoms. The molecule has 0 atom stereocenters. The summed E-state index contributed by atoms with van der Waals surface area (Å²) in [5, 5.41) is 0. The molecule has 4 heteroatoms. The van der Waals surface area contributed by atoms with Crippen molar-refractivity contribution in [3.8, 4) is 0 Å². The van der Waals surface area contributed by atoms with Crippen molar-refractivity contribution in [3.05, 3.63) is 29.8 Å². The number of hydrogen-bond donors (Lipinski definition) is 1. The summed E-state index contributed by atoms with van der Waals surface area (Å²) >= 11 is 0. The van der Waals surface area contributed by atoms with E-state index in [1.165, 1.54) is 41.9 Å². The molecule has 0 heterocycles. The maximum absolute atomic E-state index is 10.9. The van der Waals surface area contributed by atoms with Crippen LogP contribution in [-0.2, 0) is 4.79 Å². The fourth-order valence-corrected chi connectivity index (χ4v) is 4.76. The highest BCUT2D eigenvalue weighted by atomic mass is 16.2. The van der Waals surface area contributed by atoms with Crippen LogP contribution in [0.5, 0.6) is 0 Å². The average molecular weight is 298 g/mol. The van der Waals surface area contributed by atoms with Gasteiger partial charge in [0.15, 0.2) is 0 Å². The van der Waals surface area contributed by atoms with Crippen molar-refractivity contribution in [2.75, 3.05) is 5.73 Å². The first-order chi connectivity index (χ1) is 10.6.